The summed E-state index contributed by atoms with van der Waals surface area (Å²) in [5, 5.41) is 4.96. The second-order valence-electron chi connectivity index (χ2n) is 4.70. The molecule has 0 spiro atoms. The molecule has 1 fully saturated rings. The summed E-state index contributed by atoms with van der Waals surface area (Å²) in [5.74, 6) is 0.791. The third kappa shape index (κ3) is 3.28. The number of rotatable bonds is 1. The summed E-state index contributed by atoms with van der Waals surface area (Å²) in [6.07, 6.45) is 2.37. The summed E-state index contributed by atoms with van der Waals surface area (Å²) >= 11 is 17.5. The average molecular weight is 303 g/mol. The highest BCUT2D eigenvalue weighted by Crippen LogP contribution is 2.30. The number of hydrogen-bond donors (Lipinski definition) is 1. The van der Waals surface area contributed by atoms with Crippen LogP contribution in [0.2, 0.25) is 10.0 Å². The largest absolute Gasteiger partial charge is 0.349 e. The smallest absolute Gasteiger partial charge is 0.173 e. The standard InChI is InChI=1S/C13H16Cl2N2S/c1-9-5-7-17(8-6-9)13(18)16-11-4-2-3-10(14)12(11)15/h2-4,9H,5-8H2,1H3,(H,16,18). The number of anilines is 1. The van der Waals surface area contributed by atoms with Crippen molar-refractivity contribution in [3.63, 3.8) is 0 Å². The molecule has 98 valence electrons. The van der Waals surface area contributed by atoms with E-state index in [9.17, 15) is 0 Å². The van der Waals surface area contributed by atoms with E-state index in [1.165, 1.54) is 12.8 Å². The average Bonchev–Trinajstić information content (AvgIpc) is 2.36. The molecule has 1 heterocycles. The maximum absolute atomic E-state index is 6.13. The fourth-order valence-electron chi connectivity index (χ4n) is 2.01. The zero-order valence-electron chi connectivity index (χ0n) is 10.2. The van der Waals surface area contributed by atoms with E-state index in [1.807, 2.05) is 12.1 Å². The van der Waals surface area contributed by atoms with Crippen molar-refractivity contribution in [2.45, 2.75) is 19.8 Å². The Hall–Kier alpha value is -0.510. The Kier molecular flexibility index (Phi) is 4.71. The van der Waals surface area contributed by atoms with Gasteiger partial charge in [0, 0.05) is 13.1 Å². The van der Waals surface area contributed by atoms with Crippen molar-refractivity contribution in [2.75, 3.05) is 18.4 Å². The maximum Gasteiger partial charge on any atom is 0.173 e. The van der Waals surface area contributed by atoms with Gasteiger partial charge in [0.05, 0.1) is 15.7 Å². The molecule has 1 N–H and O–H groups in total. The van der Waals surface area contributed by atoms with E-state index in [0.717, 1.165) is 29.8 Å². The molecule has 5 heteroatoms. The van der Waals surface area contributed by atoms with Gasteiger partial charge in [-0.05, 0) is 43.1 Å². The van der Waals surface area contributed by atoms with Crippen molar-refractivity contribution in [1.82, 2.24) is 4.90 Å². The quantitative estimate of drug-likeness (QED) is 0.773. The highest BCUT2D eigenvalue weighted by Gasteiger charge is 2.18. The molecule has 18 heavy (non-hydrogen) atoms. The van der Waals surface area contributed by atoms with E-state index < -0.39 is 0 Å². The SMILES string of the molecule is CC1CCN(C(=S)Nc2cccc(Cl)c2Cl)CC1. The van der Waals surface area contributed by atoms with Gasteiger partial charge in [-0.1, -0.05) is 36.2 Å². The molecular formula is C13H16Cl2N2S. The van der Waals surface area contributed by atoms with Crippen LogP contribution in [0.5, 0.6) is 0 Å². The molecule has 0 atom stereocenters. The molecule has 1 aromatic carbocycles. The third-order valence-electron chi connectivity index (χ3n) is 3.26. The van der Waals surface area contributed by atoms with Crippen LogP contribution in [0.1, 0.15) is 19.8 Å². The lowest BCUT2D eigenvalue weighted by Gasteiger charge is -2.32. The van der Waals surface area contributed by atoms with E-state index in [4.69, 9.17) is 35.4 Å². The van der Waals surface area contributed by atoms with Crippen LogP contribution in [0.25, 0.3) is 0 Å². The summed E-state index contributed by atoms with van der Waals surface area (Å²) in [4.78, 5) is 2.19. The second kappa shape index (κ2) is 6.09. The number of benzene rings is 1. The van der Waals surface area contributed by atoms with Gasteiger partial charge < -0.3 is 10.2 Å². The predicted molar refractivity (Wildman–Crippen MR) is 82.7 cm³/mol. The molecule has 1 aliphatic heterocycles. The van der Waals surface area contributed by atoms with Crippen molar-refractivity contribution in [3.8, 4) is 0 Å². The topological polar surface area (TPSA) is 15.3 Å². The van der Waals surface area contributed by atoms with Crippen LogP contribution < -0.4 is 5.32 Å². The maximum atomic E-state index is 6.13. The molecule has 0 saturated carbocycles. The van der Waals surface area contributed by atoms with Crippen LogP contribution in [0.4, 0.5) is 5.69 Å². The minimum absolute atomic E-state index is 0.520. The Morgan fingerprint density at radius 3 is 2.67 bits per heavy atom. The molecule has 2 rings (SSSR count). The van der Waals surface area contributed by atoms with Gasteiger partial charge in [-0.15, -0.1) is 0 Å². The zero-order valence-corrected chi connectivity index (χ0v) is 12.6. The molecular weight excluding hydrogens is 287 g/mol. The Balaban J connectivity index is 2.01. The van der Waals surface area contributed by atoms with Crippen LogP contribution >= 0.6 is 35.4 Å². The first-order valence-electron chi connectivity index (χ1n) is 6.08. The zero-order chi connectivity index (χ0) is 13.1. The summed E-state index contributed by atoms with van der Waals surface area (Å²) in [5.41, 5.74) is 0.771. The lowest BCUT2D eigenvalue weighted by Crippen LogP contribution is -2.40. The molecule has 1 saturated heterocycles. The Bertz CT molecular complexity index is 443. The number of likely N-dealkylation sites (tertiary alicyclic amines) is 1. The van der Waals surface area contributed by atoms with Gasteiger partial charge in [0.25, 0.3) is 0 Å². The van der Waals surface area contributed by atoms with Gasteiger partial charge in [0.2, 0.25) is 0 Å². The minimum Gasteiger partial charge on any atom is -0.349 e. The van der Waals surface area contributed by atoms with Gasteiger partial charge in [-0.2, -0.15) is 0 Å². The molecule has 0 amide bonds. The van der Waals surface area contributed by atoms with Crippen molar-refractivity contribution in [1.29, 1.82) is 0 Å². The molecule has 0 radical (unpaired) electrons. The highest BCUT2D eigenvalue weighted by atomic mass is 35.5. The van der Waals surface area contributed by atoms with Crippen molar-refractivity contribution in [3.05, 3.63) is 28.2 Å². The number of halogens is 2. The van der Waals surface area contributed by atoms with Crippen LogP contribution in [0.15, 0.2) is 18.2 Å². The fourth-order valence-corrected chi connectivity index (χ4v) is 2.65. The van der Waals surface area contributed by atoms with Crippen molar-refractivity contribution >= 4 is 46.2 Å². The first kappa shape index (κ1) is 13.9. The van der Waals surface area contributed by atoms with E-state index in [-0.39, 0.29) is 0 Å². The van der Waals surface area contributed by atoms with Crippen LogP contribution in [0.3, 0.4) is 0 Å². The molecule has 1 aliphatic rings. The fraction of sp³-hybridized carbons (Fsp3) is 0.462. The normalized spacial score (nSPS) is 16.7. The van der Waals surface area contributed by atoms with Crippen LogP contribution in [-0.2, 0) is 0 Å². The van der Waals surface area contributed by atoms with Crippen molar-refractivity contribution < 1.29 is 0 Å². The highest BCUT2D eigenvalue weighted by molar-refractivity contribution is 7.80. The van der Waals surface area contributed by atoms with E-state index in [0.29, 0.717) is 10.0 Å². The van der Waals surface area contributed by atoms with Gasteiger partial charge in [0.1, 0.15) is 0 Å². The summed E-state index contributed by atoms with van der Waals surface area (Å²) in [6.45, 7) is 4.29. The monoisotopic (exact) mass is 302 g/mol. The first-order chi connectivity index (χ1) is 8.58. The van der Waals surface area contributed by atoms with Gasteiger partial charge >= 0.3 is 0 Å². The number of thiocarbonyl (C=S) groups is 1. The molecule has 2 nitrogen and oxygen atoms in total. The lowest BCUT2D eigenvalue weighted by atomic mass is 10.00. The Morgan fingerprint density at radius 1 is 1.33 bits per heavy atom. The molecule has 0 aromatic heterocycles. The van der Waals surface area contributed by atoms with E-state index in [2.05, 4.69) is 17.1 Å². The van der Waals surface area contributed by atoms with Crippen molar-refractivity contribution in [2.24, 2.45) is 5.92 Å². The van der Waals surface area contributed by atoms with Crippen LogP contribution in [-0.4, -0.2) is 23.1 Å². The third-order valence-corrected chi connectivity index (χ3v) is 4.44. The minimum atomic E-state index is 0.520. The number of nitrogens with zero attached hydrogens (tertiary/aromatic N) is 1. The van der Waals surface area contributed by atoms with E-state index in [1.54, 1.807) is 6.07 Å². The molecule has 0 unspecified atom stereocenters. The van der Waals surface area contributed by atoms with E-state index >= 15 is 0 Å². The van der Waals surface area contributed by atoms with Crippen LogP contribution in [0, 0.1) is 5.92 Å². The second-order valence-corrected chi connectivity index (χ2v) is 5.87. The van der Waals surface area contributed by atoms with Gasteiger partial charge in [0.15, 0.2) is 5.11 Å². The first-order valence-corrected chi connectivity index (χ1v) is 7.24. The molecule has 1 aromatic rings. The molecule has 0 bridgehead atoms. The lowest BCUT2D eigenvalue weighted by molar-refractivity contribution is 0.283. The Morgan fingerprint density at radius 2 is 2.00 bits per heavy atom. The van der Waals surface area contributed by atoms with Gasteiger partial charge in [-0.3, -0.25) is 0 Å². The number of hydrogen-bond acceptors (Lipinski definition) is 1. The number of nitrogens with one attached hydrogen (secondary N) is 1. The summed E-state index contributed by atoms with van der Waals surface area (Å²) in [6, 6.07) is 5.51. The summed E-state index contributed by atoms with van der Waals surface area (Å²) in [7, 11) is 0. The molecule has 0 aliphatic carbocycles. The summed E-state index contributed by atoms with van der Waals surface area (Å²) < 4.78 is 0. The number of piperidine rings is 1. The van der Waals surface area contributed by atoms with Gasteiger partial charge in [-0.25, -0.2) is 0 Å². The Labute approximate surface area is 123 Å². The predicted octanol–water partition coefficient (Wildman–Crippen LogP) is 4.42.